The van der Waals surface area contributed by atoms with E-state index in [4.69, 9.17) is 9.15 Å². The number of ether oxygens (including phenoxy) is 2. The summed E-state index contributed by atoms with van der Waals surface area (Å²) in [6.07, 6.45) is 0. The number of carbonyl (C=O) groups excluding carboxylic acids is 1. The molecule has 140 valence electrons. The highest BCUT2D eigenvalue weighted by Crippen LogP contribution is 2.18. The van der Waals surface area contributed by atoms with Gasteiger partial charge in [0.1, 0.15) is 45.0 Å². The van der Waals surface area contributed by atoms with E-state index >= 15 is 0 Å². The van der Waals surface area contributed by atoms with Crippen molar-refractivity contribution in [3.8, 4) is 5.75 Å². The first-order chi connectivity index (χ1) is 12.6. The van der Waals surface area contributed by atoms with Crippen LogP contribution in [0.2, 0.25) is 0 Å². The summed E-state index contributed by atoms with van der Waals surface area (Å²) in [5.74, 6) is 1.67. The van der Waals surface area contributed by atoms with Crippen LogP contribution in [-0.4, -0.2) is 46.4 Å². The van der Waals surface area contributed by atoms with Gasteiger partial charge in [-0.15, -0.1) is 0 Å². The van der Waals surface area contributed by atoms with E-state index in [9.17, 15) is 4.79 Å². The number of methoxy groups -OCH3 is 2. The molecule has 0 unspecified atom stereocenters. The minimum absolute atomic E-state index is 0.276. The lowest BCUT2D eigenvalue weighted by Crippen LogP contribution is -3.27. The summed E-state index contributed by atoms with van der Waals surface area (Å²) in [4.78, 5) is 14.5. The first-order valence-electron chi connectivity index (χ1n) is 9.06. The van der Waals surface area contributed by atoms with Crippen molar-refractivity contribution in [2.75, 3.05) is 40.4 Å². The maximum atomic E-state index is 11.5. The van der Waals surface area contributed by atoms with Gasteiger partial charge in [-0.3, -0.25) is 0 Å². The van der Waals surface area contributed by atoms with E-state index in [1.807, 2.05) is 6.07 Å². The number of rotatable bonds is 6. The second-order valence-electron chi connectivity index (χ2n) is 6.93. The van der Waals surface area contributed by atoms with Gasteiger partial charge in [-0.2, -0.15) is 0 Å². The van der Waals surface area contributed by atoms with Crippen LogP contribution in [-0.2, 0) is 17.8 Å². The zero-order chi connectivity index (χ0) is 18.5. The molecule has 1 aromatic heterocycles. The molecular formula is C20H28N2O4+2. The largest absolute Gasteiger partial charge is 0.496 e. The Bertz CT molecular complexity index is 748. The van der Waals surface area contributed by atoms with Gasteiger partial charge in [0.15, 0.2) is 5.76 Å². The van der Waals surface area contributed by atoms with Crippen LogP contribution in [0.4, 0.5) is 0 Å². The maximum Gasteiger partial charge on any atom is 0.373 e. The summed E-state index contributed by atoms with van der Waals surface area (Å²) in [6.45, 7) is 8.29. The molecule has 6 heteroatoms. The summed E-state index contributed by atoms with van der Waals surface area (Å²) in [5, 5.41) is 0. The summed E-state index contributed by atoms with van der Waals surface area (Å²) >= 11 is 0. The molecule has 2 aromatic rings. The number of nitrogens with one attached hydrogen (secondary N) is 2. The van der Waals surface area contributed by atoms with Crippen molar-refractivity contribution in [1.82, 2.24) is 0 Å². The van der Waals surface area contributed by atoms with E-state index in [1.165, 1.54) is 23.1 Å². The van der Waals surface area contributed by atoms with Gasteiger partial charge >= 0.3 is 5.97 Å². The van der Waals surface area contributed by atoms with Gasteiger partial charge in [0.2, 0.25) is 5.76 Å². The minimum Gasteiger partial charge on any atom is -0.496 e. The van der Waals surface area contributed by atoms with Crippen molar-refractivity contribution >= 4 is 5.97 Å². The van der Waals surface area contributed by atoms with Crippen LogP contribution in [0.5, 0.6) is 5.75 Å². The highest BCUT2D eigenvalue weighted by molar-refractivity contribution is 5.86. The molecule has 1 aromatic carbocycles. The van der Waals surface area contributed by atoms with Crippen molar-refractivity contribution in [3.05, 3.63) is 53.0 Å². The van der Waals surface area contributed by atoms with Gasteiger partial charge in [-0.05, 0) is 31.2 Å². The van der Waals surface area contributed by atoms with Gasteiger partial charge in [-0.1, -0.05) is 11.6 Å². The predicted molar refractivity (Wildman–Crippen MR) is 96.6 cm³/mol. The number of hydrogen-bond donors (Lipinski definition) is 2. The first-order valence-corrected chi connectivity index (χ1v) is 9.06. The Morgan fingerprint density at radius 3 is 2.38 bits per heavy atom. The number of esters is 1. The Morgan fingerprint density at radius 2 is 1.73 bits per heavy atom. The molecule has 3 rings (SSSR count). The fourth-order valence-corrected chi connectivity index (χ4v) is 3.56. The monoisotopic (exact) mass is 360 g/mol. The number of benzene rings is 1. The summed E-state index contributed by atoms with van der Waals surface area (Å²) in [6, 6.07) is 9.93. The highest BCUT2D eigenvalue weighted by Gasteiger charge is 2.25. The smallest absolute Gasteiger partial charge is 0.373 e. The molecule has 2 N–H and O–H groups in total. The zero-order valence-corrected chi connectivity index (χ0v) is 15.8. The van der Waals surface area contributed by atoms with Crippen LogP contribution in [0.25, 0.3) is 0 Å². The van der Waals surface area contributed by atoms with Crippen LogP contribution in [0.3, 0.4) is 0 Å². The molecule has 0 aliphatic carbocycles. The average molecular weight is 360 g/mol. The molecule has 2 heterocycles. The third-order valence-electron chi connectivity index (χ3n) is 5.01. The molecule has 0 spiro atoms. The number of piperazine rings is 1. The maximum absolute atomic E-state index is 11.5. The van der Waals surface area contributed by atoms with Crippen molar-refractivity contribution in [2.45, 2.75) is 20.0 Å². The van der Waals surface area contributed by atoms with Crippen molar-refractivity contribution in [3.63, 3.8) is 0 Å². The van der Waals surface area contributed by atoms with Crippen molar-refractivity contribution in [1.29, 1.82) is 0 Å². The number of furan rings is 1. The van der Waals surface area contributed by atoms with Gasteiger partial charge in [0.25, 0.3) is 0 Å². The fraction of sp³-hybridized carbons (Fsp3) is 0.450. The molecule has 1 aliphatic heterocycles. The van der Waals surface area contributed by atoms with E-state index in [0.717, 1.165) is 50.8 Å². The fourth-order valence-electron chi connectivity index (χ4n) is 3.56. The molecule has 1 saturated heterocycles. The Balaban J connectivity index is 1.52. The lowest BCUT2D eigenvalue weighted by molar-refractivity contribution is -1.02. The lowest BCUT2D eigenvalue weighted by atomic mass is 10.1. The lowest BCUT2D eigenvalue weighted by Gasteiger charge is -2.29. The summed E-state index contributed by atoms with van der Waals surface area (Å²) < 4.78 is 15.8. The van der Waals surface area contributed by atoms with Crippen LogP contribution in [0.15, 0.2) is 34.7 Å². The third-order valence-corrected chi connectivity index (χ3v) is 5.01. The molecule has 26 heavy (non-hydrogen) atoms. The van der Waals surface area contributed by atoms with E-state index in [1.54, 1.807) is 18.1 Å². The highest BCUT2D eigenvalue weighted by atomic mass is 16.5. The van der Waals surface area contributed by atoms with Gasteiger partial charge < -0.3 is 23.7 Å². The van der Waals surface area contributed by atoms with Gasteiger partial charge in [0.05, 0.1) is 14.2 Å². The topological polar surface area (TPSA) is 57.5 Å². The van der Waals surface area contributed by atoms with Gasteiger partial charge in [-0.25, -0.2) is 4.79 Å². The van der Waals surface area contributed by atoms with Crippen molar-refractivity contribution < 1.29 is 28.5 Å². The molecule has 6 nitrogen and oxygen atoms in total. The molecular weight excluding hydrogens is 332 g/mol. The number of quaternary nitrogens is 2. The van der Waals surface area contributed by atoms with Crippen LogP contribution in [0, 0.1) is 6.92 Å². The molecule has 0 saturated carbocycles. The van der Waals surface area contributed by atoms with E-state index in [0.29, 0.717) is 0 Å². The molecule has 0 radical (unpaired) electrons. The first kappa shape index (κ1) is 18.5. The Labute approximate surface area is 154 Å². The van der Waals surface area contributed by atoms with E-state index in [2.05, 4.69) is 29.9 Å². The normalized spacial score (nSPS) is 20.0. The Morgan fingerprint density at radius 1 is 1.04 bits per heavy atom. The quantitative estimate of drug-likeness (QED) is 0.705. The Hall–Kier alpha value is -2.31. The minimum atomic E-state index is -0.424. The summed E-state index contributed by atoms with van der Waals surface area (Å²) in [7, 11) is 3.10. The standard InChI is InChI=1S/C20H26N2O4/c1-15-4-6-18(24-2)16(12-15)13-21-8-10-22(11-9-21)14-17-5-7-19(26-17)20(23)25-3/h4-7,12H,8-11,13-14H2,1-3H3/p+2. The average Bonchev–Trinajstić information content (AvgIpc) is 3.11. The molecule has 1 fully saturated rings. The zero-order valence-electron chi connectivity index (χ0n) is 15.8. The number of carbonyl (C=O) groups is 1. The van der Waals surface area contributed by atoms with Crippen molar-refractivity contribution in [2.24, 2.45) is 0 Å². The van der Waals surface area contributed by atoms with Crippen LogP contribution >= 0.6 is 0 Å². The molecule has 1 aliphatic rings. The second-order valence-corrected chi connectivity index (χ2v) is 6.93. The SMILES string of the molecule is COC(=O)c1ccc(C[NH+]2CC[NH+](Cc3cc(C)ccc3OC)CC2)o1. The van der Waals surface area contributed by atoms with Gasteiger partial charge in [0, 0.05) is 5.56 Å². The predicted octanol–water partition coefficient (Wildman–Crippen LogP) is -0.133. The van der Waals surface area contributed by atoms with Crippen LogP contribution < -0.4 is 14.5 Å². The molecule has 0 atom stereocenters. The van der Waals surface area contributed by atoms with E-state index in [-0.39, 0.29) is 5.76 Å². The summed E-state index contributed by atoms with van der Waals surface area (Å²) in [5.41, 5.74) is 2.54. The second kappa shape index (κ2) is 8.38. The molecule has 0 amide bonds. The Kier molecular flexibility index (Phi) is 5.96. The number of hydrogen-bond acceptors (Lipinski definition) is 4. The van der Waals surface area contributed by atoms with E-state index < -0.39 is 5.97 Å². The molecule has 0 bridgehead atoms. The third kappa shape index (κ3) is 4.45. The van der Waals surface area contributed by atoms with Crippen LogP contribution in [0.1, 0.15) is 27.4 Å². The number of aryl methyl sites for hydroxylation is 1.